The summed E-state index contributed by atoms with van der Waals surface area (Å²) in [6, 6.07) is 0. The van der Waals surface area contributed by atoms with Crippen LogP contribution in [0.5, 0.6) is 5.75 Å². The Morgan fingerprint density at radius 2 is 2.08 bits per heavy atom. The molecule has 1 rings (SSSR count). The second kappa shape index (κ2) is 3.46. The van der Waals surface area contributed by atoms with Crippen LogP contribution in [0, 0.1) is 0 Å². The molecule has 0 saturated carbocycles. The van der Waals surface area contributed by atoms with E-state index < -0.39 is 0 Å². The molecule has 0 fully saturated rings. The Kier molecular flexibility index (Phi) is 2.76. The maximum absolute atomic E-state index is 10.5. The molecule has 0 spiro atoms. The van der Waals surface area contributed by atoms with Crippen molar-refractivity contribution >= 4 is 20.8 Å². The molecule has 0 atom stereocenters. The van der Waals surface area contributed by atoms with Gasteiger partial charge in [-0.2, -0.15) is 0 Å². The molecular formula is C9H12O2Se. The average Bonchev–Trinajstić information content (AvgIpc) is 2.31. The number of hydrogen-bond acceptors (Lipinski definition) is 2. The molecule has 0 N–H and O–H groups in total. The molecule has 0 amide bonds. The van der Waals surface area contributed by atoms with Gasteiger partial charge in [-0.05, 0) is 0 Å². The van der Waals surface area contributed by atoms with Crippen molar-refractivity contribution in [3.8, 4) is 5.75 Å². The molecule has 2 nitrogen and oxygen atoms in total. The number of carbonyl (C=O) groups is 1. The molecule has 0 radical (unpaired) electrons. The molecule has 66 valence electrons. The van der Waals surface area contributed by atoms with Crippen molar-refractivity contribution in [1.29, 1.82) is 0 Å². The minimum absolute atomic E-state index is 0.214. The van der Waals surface area contributed by atoms with Gasteiger partial charge >= 0.3 is 77.9 Å². The van der Waals surface area contributed by atoms with Crippen LogP contribution in [0.25, 0.3) is 0 Å². The molecule has 0 bridgehead atoms. The van der Waals surface area contributed by atoms with Gasteiger partial charge in [0.25, 0.3) is 0 Å². The fraction of sp³-hybridized carbons (Fsp3) is 0.444. The average molecular weight is 231 g/mol. The van der Waals surface area contributed by atoms with Crippen molar-refractivity contribution in [3.05, 3.63) is 15.4 Å². The molecule has 3 heteroatoms. The summed E-state index contributed by atoms with van der Waals surface area (Å²) in [6.07, 6.45) is 0.853. The Morgan fingerprint density at radius 1 is 1.42 bits per heavy atom. The SMILES string of the molecule is CC(C)(C)Oc1c[se]cc1C=O. The topological polar surface area (TPSA) is 26.3 Å². The fourth-order valence-electron chi connectivity index (χ4n) is 0.794. The quantitative estimate of drug-likeness (QED) is 0.572. The Balaban J connectivity index is 2.81. The van der Waals surface area contributed by atoms with Gasteiger partial charge in [-0.15, -0.1) is 0 Å². The molecule has 0 aliphatic carbocycles. The summed E-state index contributed by atoms with van der Waals surface area (Å²) < 4.78 is 5.58. The van der Waals surface area contributed by atoms with E-state index in [1.165, 1.54) is 0 Å². The van der Waals surface area contributed by atoms with Crippen molar-refractivity contribution in [2.45, 2.75) is 26.4 Å². The molecule has 1 heterocycles. The first-order valence-corrected chi connectivity index (χ1v) is 5.71. The monoisotopic (exact) mass is 232 g/mol. The van der Waals surface area contributed by atoms with Gasteiger partial charge < -0.3 is 0 Å². The van der Waals surface area contributed by atoms with Crippen LogP contribution >= 0.6 is 0 Å². The van der Waals surface area contributed by atoms with E-state index in [0.717, 1.165) is 12.0 Å². The fourth-order valence-corrected chi connectivity index (χ4v) is 2.25. The first-order chi connectivity index (χ1) is 5.53. The first-order valence-electron chi connectivity index (χ1n) is 3.73. The Bertz CT molecular complexity index is 270. The molecule has 0 aliphatic rings. The van der Waals surface area contributed by atoms with Crippen LogP contribution in [-0.4, -0.2) is 26.4 Å². The van der Waals surface area contributed by atoms with Crippen LogP contribution in [0.3, 0.4) is 0 Å². The Morgan fingerprint density at radius 3 is 2.58 bits per heavy atom. The van der Waals surface area contributed by atoms with Crippen LogP contribution in [0.4, 0.5) is 0 Å². The van der Waals surface area contributed by atoms with E-state index in [9.17, 15) is 4.79 Å². The summed E-state index contributed by atoms with van der Waals surface area (Å²) in [5, 5.41) is 0. The number of ether oxygens (including phenoxy) is 1. The maximum atomic E-state index is 10.5. The second-order valence-electron chi connectivity index (χ2n) is 3.52. The van der Waals surface area contributed by atoms with Gasteiger partial charge in [0, 0.05) is 0 Å². The van der Waals surface area contributed by atoms with E-state index in [2.05, 4.69) is 0 Å². The number of rotatable bonds is 2. The van der Waals surface area contributed by atoms with Crippen LogP contribution in [0.15, 0.2) is 9.88 Å². The summed E-state index contributed by atoms with van der Waals surface area (Å²) >= 11 is 0.302. The van der Waals surface area contributed by atoms with Crippen LogP contribution < -0.4 is 4.74 Å². The summed E-state index contributed by atoms with van der Waals surface area (Å²) in [5.74, 6) is 0.748. The normalized spacial score (nSPS) is 11.2. The summed E-state index contributed by atoms with van der Waals surface area (Å²) in [4.78, 5) is 14.4. The van der Waals surface area contributed by atoms with Crippen LogP contribution in [-0.2, 0) is 0 Å². The van der Waals surface area contributed by atoms with E-state index in [1.807, 2.05) is 30.7 Å². The summed E-state index contributed by atoms with van der Waals surface area (Å²) in [7, 11) is 0. The van der Waals surface area contributed by atoms with Gasteiger partial charge in [0.05, 0.1) is 0 Å². The van der Waals surface area contributed by atoms with Gasteiger partial charge in [-0.25, -0.2) is 0 Å². The molecule has 1 aromatic heterocycles. The van der Waals surface area contributed by atoms with Crippen molar-refractivity contribution in [3.63, 3.8) is 0 Å². The molecule has 0 saturated heterocycles. The summed E-state index contributed by atoms with van der Waals surface area (Å²) in [5.41, 5.74) is 0.485. The molecule has 0 aromatic carbocycles. The third-order valence-corrected chi connectivity index (χ3v) is 2.75. The van der Waals surface area contributed by atoms with E-state index in [4.69, 9.17) is 4.74 Å². The zero-order valence-corrected chi connectivity index (χ0v) is 9.17. The molecule has 0 unspecified atom stereocenters. The van der Waals surface area contributed by atoms with Gasteiger partial charge in [0.2, 0.25) is 0 Å². The van der Waals surface area contributed by atoms with E-state index >= 15 is 0 Å². The van der Waals surface area contributed by atoms with Gasteiger partial charge in [-0.3, -0.25) is 0 Å². The van der Waals surface area contributed by atoms with Crippen molar-refractivity contribution in [1.82, 2.24) is 0 Å². The standard InChI is InChI=1S/C9H12O2Se/c1-9(2,3)11-8-6-12-5-7(8)4-10/h4-6H,1-3H3. The number of carbonyl (C=O) groups excluding carboxylic acids is 1. The Hall–Kier alpha value is -0.531. The molecule has 0 aliphatic heterocycles. The minimum atomic E-state index is -0.214. The second-order valence-corrected chi connectivity index (χ2v) is 5.08. The van der Waals surface area contributed by atoms with Crippen LogP contribution in [0.1, 0.15) is 31.1 Å². The van der Waals surface area contributed by atoms with Gasteiger partial charge in [0.15, 0.2) is 0 Å². The van der Waals surface area contributed by atoms with E-state index in [0.29, 0.717) is 20.1 Å². The predicted molar refractivity (Wildman–Crippen MR) is 49.2 cm³/mol. The van der Waals surface area contributed by atoms with Crippen molar-refractivity contribution in [2.75, 3.05) is 0 Å². The number of hydrogen-bond donors (Lipinski definition) is 0. The van der Waals surface area contributed by atoms with Gasteiger partial charge in [0.1, 0.15) is 0 Å². The van der Waals surface area contributed by atoms with Gasteiger partial charge in [-0.1, -0.05) is 0 Å². The molecule has 1 aromatic rings. The van der Waals surface area contributed by atoms with Crippen molar-refractivity contribution < 1.29 is 9.53 Å². The molecular weight excluding hydrogens is 219 g/mol. The predicted octanol–water partition coefficient (Wildman–Crippen LogP) is 1.73. The Labute approximate surface area is 78.3 Å². The van der Waals surface area contributed by atoms with Crippen LogP contribution in [0.2, 0.25) is 0 Å². The zero-order valence-electron chi connectivity index (χ0n) is 7.46. The van der Waals surface area contributed by atoms with E-state index in [1.54, 1.807) is 0 Å². The van der Waals surface area contributed by atoms with E-state index in [-0.39, 0.29) is 5.60 Å². The third-order valence-electron chi connectivity index (χ3n) is 1.20. The van der Waals surface area contributed by atoms with Crippen molar-refractivity contribution in [2.24, 2.45) is 0 Å². The number of aldehydes is 1. The first kappa shape index (κ1) is 9.56. The summed E-state index contributed by atoms with van der Waals surface area (Å²) in [6.45, 7) is 5.92. The zero-order chi connectivity index (χ0) is 9.19. The molecule has 12 heavy (non-hydrogen) atoms. The third kappa shape index (κ3) is 2.50.